The molecule has 0 fully saturated rings. The van der Waals surface area contributed by atoms with Crippen LogP contribution in [0.3, 0.4) is 0 Å². The number of carboxylic acids is 1. The van der Waals surface area contributed by atoms with Crippen molar-refractivity contribution >= 4 is 72.7 Å². The van der Waals surface area contributed by atoms with Gasteiger partial charge in [-0.1, -0.05) is 13.8 Å². The number of aromatic nitrogens is 6. The molecule has 5 aromatic rings. The molecule has 0 aliphatic carbocycles. The lowest BCUT2D eigenvalue weighted by Crippen LogP contribution is -2.09. The van der Waals surface area contributed by atoms with Gasteiger partial charge in [-0.2, -0.15) is 13.6 Å². The number of aromatic carboxylic acids is 1. The maximum Gasteiger partial charge on any atom is 0.337 e. The standard InChI is InChI=1S/C18H18F2N2O4.C8H5FN4OS.C8H7FN4OS.C2H6.CH4O/c1-21-15-8-17(14(20)5-11(15)9-23)26-4-3-10-6-16(22-2)12(18(24)25)7-13(10)19;9-15-13-4-6(3-10-13)8-2-1-7(5-14)11-12-8;9-15-11-4-6(3-10)8-2-1-7(5-14)12-13-8;2*1-2/h5-9,21-22H,3-4H2,1-2H3,(H,24,25);1-5H;1-5H,10H2;1-2H3;2H,1H3/b;;6-3+,11-4+;;. The topological polar surface area (TPSA) is 250 Å². The van der Waals surface area contributed by atoms with Crippen LogP contribution in [0.5, 0.6) is 5.75 Å². The van der Waals surface area contributed by atoms with Crippen LogP contribution >= 0.6 is 24.7 Å². The Hall–Kier alpha value is -6.72. The van der Waals surface area contributed by atoms with E-state index in [1.54, 1.807) is 19.2 Å². The number of rotatable bonds is 15. The van der Waals surface area contributed by atoms with Crippen LogP contribution in [-0.4, -0.2) is 98.6 Å². The smallest absolute Gasteiger partial charge is 0.337 e. The number of hydrogen-bond acceptors (Lipinski definition) is 17. The van der Waals surface area contributed by atoms with Crippen molar-refractivity contribution in [3.63, 3.8) is 0 Å². The average Bonchev–Trinajstić information content (AvgIpc) is 3.79. The van der Waals surface area contributed by atoms with Gasteiger partial charge >= 0.3 is 5.97 Å². The third-order valence-corrected chi connectivity index (χ3v) is 7.59. The predicted molar refractivity (Wildman–Crippen MR) is 222 cm³/mol. The monoisotopic (exact) mass is 876 g/mol. The molecule has 3 aromatic heterocycles. The molecule has 6 N–H and O–H groups in total. The van der Waals surface area contributed by atoms with Crippen LogP contribution in [0.25, 0.3) is 16.8 Å². The van der Waals surface area contributed by atoms with Gasteiger partial charge in [0.2, 0.25) is 0 Å². The molecule has 17 nitrogen and oxygen atoms in total. The van der Waals surface area contributed by atoms with E-state index in [9.17, 15) is 35.7 Å². The highest BCUT2D eigenvalue weighted by molar-refractivity contribution is 7.93. The summed E-state index contributed by atoms with van der Waals surface area (Å²) >= 11 is -0.191. The molecule has 23 heteroatoms. The molecular formula is C37H40F4N10O7S2. The first-order valence-corrected chi connectivity index (χ1v) is 18.3. The summed E-state index contributed by atoms with van der Waals surface area (Å²) in [6.45, 7) is 3.97. The molecule has 0 spiro atoms. The molecule has 60 heavy (non-hydrogen) atoms. The first kappa shape index (κ1) is 51.3. The number of anilines is 2. The van der Waals surface area contributed by atoms with Crippen LogP contribution in [-0.2, 0) is 6.42 Å². The van der Waals surface area contributed by atoms with Gasteiger partial charge in [-0.25, -0.2) is 13.6 Å². The Balaban J connectivity index is 0.000000455. The number of aliphatic hydroxyl groups is 1. The van der Waals surface area contributed by atoms with E-state index in [1.165, 1.54) is 56.1 Å². The van der Waals surface area contributed by atoms with Crippen LogP contribution in [0, 0.1) is 11.6 Å². The van der Waals surface area contributed by atoms with E-state index in [0.717, 1.165) is 23.3 Å². The number of nitrogens with two attached hydrogens (primary N) is 1. The molecule has 0 amide bonds. The van der Waals surface area contributed by atoms with E-state index >= 15 is 0 Å². The second-order valence-corrected chi connectivity index (χ2v) is 11.3. The maximum atomic E-state index is 14.1. The van der Waals surface area contributed by atoms with Crippen molar-refractivity contribution in [2.45, 2.75) is 20.3 Å². The Morgan fingerprint density at radius 2 is 1.55 bits per heavy atom. The molecule has 0 bridgehead atoms. The van der Waals surface area contributed by atoms with Gasteiger partial charge in [0.15, 0.2) is 55.1 Å². The second kappa shape index (κ2) is 28.6. The Morgan fingerprint density at radius 1 is 0.900 bits per heavy atom. The number of nitrogens with zero attached hydrogens (tertiary/aromatic N) is 7. The van der Waals surface area contributed by atoms with Crippen molar-refractivity contribution in [2.24, 2.45) is 10.1 Å². The van der Waals surface area contributed by atoms with E-state index in [2.05, 4.69) is 40.5 Å². The number of benzene rings is 2. The molecule has 0 aliphatic heterocycles. The maximum absolute atomic E-state index is 14.1. The molecule has 320 valence electrons. The molecule has 0 radical (unpaired) electrons. The van der Waals surface area contributed by atoms with Crippen LogP contribution in [0.2, 0.25) is 0 Å². The fourth-order valence-electron chi connectivity index (χ4n) is 4.32. The van der Waals surface area contributed by atoms with Gasteiger partial charge in [0, 0.05) is 80.4 Å². The summed E-state index contributed by atoms with van der Waals surface area (Å²) in [5, 5.41) is 40.0. The number of hydrogen-bond donors (Lipinski definition) is 5. The molecule has 2 aromatic carbocycles. The minimum absolute atomic E-state index is 0.00685. The molecule has 3 heterocycles. The minimum Gasteiger partial charge on any atom is -0.490 e. The van der Waals surface area contributed by atoms with Crippen LogP contribution < -0.4 is 21.1 Å². The van der Waals surface area contributed by atoms with Crippen molar-refractivity contribution in [1.82, 2.24) is 29.6 Å². The Labute approximate surface area is 350 Å². The number of carbonyl (C=O) groups is 4. The van der Waals surface area contributed by atoms with Gasteiger partial charge < -0.3 is 31.3 Å². The third-order valence-electron chi connectivity index (χ3n) is 7.06. The van der Waals surface area contributed by atoms with Crippen LogP contribution in [0.1, 0.15) is 66.8 Å². The number of ether oxygens (including phenoxy) is 1. The van der Waals surface area contributed by atoms with Crippen molar-refractivity contribution in [2.75, 3.05) is 38.4 Å². The largest absolute Gasteiger partial charge is 0.490 e. The van der Waals surface area contributed by atoms with Crippen molar-refractivity contribution in [1.29, 1.82) is 0 Å². The number of carboxylic acid groups (broad SMARTS) is 1. The zero-order chi connectivity index (χ0) is 45.0. The highest BCUT2D eigenvalue weighted by Crippen LogP contribution is 2.26. The van der Waals surface area contributed by atoms with Crippen molar-refractivity contribution in [3.05, 3.63) is 113 Å². The van der Waals surface area contributed by atoms with Crippen molar-refractivity contribution < 1.29 is 50.7 Å². The highest BCUT2D eigenvalue weighted by atomic mass is 32.2. The summed E-state index contributed by atoms with van der Waals surface area (Å²) in [6.07, 6.45) is 7.21. The molecule has 0 aliphatic rings. The SMILES string of the molecule is CC.CNc1cc(OCCc2cc(NC)c(C(=O)O)cc2F)c(F)cc1C=O.CO.N/C=C(\C=N\SF)c1ccc(C=O)nn1.O=Cc1ccc(-c2cnn(SF)c2)nn1. The Morgan fingerprint density at radius 3 is 2.03 bits per heavy atom. The van der Waals surface area contributed by atoms with E-state index in [0.29, 0.717) is 47.1 Å². The number of nitrogens with one attached hydrogen (secondary N) is 2. The average molecular weight is 877 g/mol. The lowest BCUT2D eigenvalue weighted by molar-refractivity contribution is 0.0696. The summed E-state index contributed by atoms with van der Waals surface area (Å²) in [5.41, 5.74) is 8.68. The molecule has 0 saturated heterocycles. The van der Waals surface area contributed by atoms with Crippen LogP contribution in [0.4, 0.5) is 27.9 Å². The second-order valence-electron chi connectivity index (χ2n) is 10.4. The van der Waals surface area contributed by atoms with Gasteiger partial charge in [-0.05, 0) is 48.0 Å². The fourth-order valence-corrected chi connectivity index (χ4v) is 4.71. The first-order chi connectivity index (χ1) is 29.0. The molecule has 0 saturated carbocycles. The number of aliphatic hydroxyl groups excluding tert-OH is 1. The summed E-state index contributed by atoms with van der Waals surface area (Å²) in [7, 11) is 4.12. The van der Waals surface area contributed by atoms with Gasteiger partial charge in [-0.15, -0.1) is 28.2 Å². The normalized spacial score (nSPS) is 10.2. The number of allylic oxidation sites excluding steroid dienone is 1. The molecule has 5 rings (SSSR count). The van der Waals surface area contributed by atoms with Gasteiger partial charge in [0.1, 0.15) is 17.2 Å². The summed E-state index contributed by atoms with van der Waals surface area (Å²) in [5.74, 6) is -2.70. The Kier molecular flexibility index (Phi) is 24.5. The molecule has 0 atom stereocenters. The van der Waals surface area contributed by atoms with Crippen LogP contribution in [0.15, 0.2) is 71.5 Å². The van der Waals surface area contributed by atoms with Crippen molar-refractivity contribution in [3.8, 4) is 17.0 Å². The van der Waals surface area contributed by atoms with E-state index in [1.807, 2.05) is 13.8 Å². The Bertz CT molecular complexity index is 2180. The highest BCUT2D eigenvalue weighted by Gasteiger charge is 2.15. The lowest BCUT2D eigenvalue weighted by atomic mass is 10.1. The predicted octanol–water partition coefficient (Wildman–Crippen LogP) is 6.54. The first-order valence-electron chi connectivity index (χ1n) is 17.0. The minimum atomic E-state index is -1.24. The number of halogens is 4. The summed E-state index contributed by atoms with van der Waals surface area (Å²) in [4.78, 5) is 42.6. The quantitative estimate of drug-likeness (QED) is 0.0324. The zero-order valence-corrected chi connectivity index (χ0v) is 34.2. The summed E-state index contributed by atoms with van der Waals surface area (Å²) in [6, 6.07) is 10.9. The molecule has 0 unspecified atom stereocenters. The van der Waals surface area contributed by atoms with Gasteiger partial charge in [0.25, 0.3) is 0 Å². The number of aldehydes is 3. The number of carbonyl (C=O) groups excluding carboxylic acids is 3. The van der Waals surface area contributed by atoms with Gasteiger partial charge in [-0.3, -0.25) is 14.4 Å². The zero-order valence-electron chi connectivity index (χ0n) is 32.5. The van der Waals surface area contributed by atoms with E-state index in [-0.39, 0.29) is 77.2 Å². The third kappa shape index (κ3) is 15.9. The summed E-state index contributed by atoms with van der Waals surface area (Å²) < 4.78 is 61.6. The van der Waals surface area contributed by atoms with E-state index < -0.39 is 17.6 Å². The molecular weight excluding hydrogens is 837 g/mol. The lowest BCUT2D eigenvalue weighted by Gasteiger charge is -2.13. The fraction of sp³-hybridized carbons (Fsp3) is 0.189. The van der Waals surface area contributed by atoms with E-state index in [4.69, 9.17) is 20.7 Å². The van der Waals surface area contributed by atoms with Gasteiger partial charge in [0.05, 0.1) is 29.8 Å².